The molecular weight excluding hydrogens is 200 g/mol. The molecule has 0 saturated carbocycles. The van der Waals surface area contributed by atoms with Crippen molar-refractivity contribution in [3.63, 3.8) is 0 Å². The summed E-state index contributed by atoms with van der Waals surface area (Å²) in [7, 11) is -1.81. The van der Waals surface area contributed by atoms with Crippen molar-refractivity contribution >= 4 is 10.0 Å². The molecule has 1 aromatic rings. The fraction of sp³-hybridized carbons (Fsp3) is 0.333. The van der Waals surface area contributed by atoms with E-state index in [9.17, 15) is 8.42 Å². The third-order valence-electron chi connectivity index (χ3n) is 1.99. The molecule has 14 heavy (non-hydrogen) atoms. The van der Waals surface area contributed by atoms with Crippen molar-refractivity contribution in [2.75, 3.05) is 7.05 Å². The lowest BCUT2D eigenvalue weighted by Gasteiger charge is -2.07. The third kappa shape index (κ3) is 2.80. The van der Waals surface area contributed by atoms with Crippen LogP contribution in [0.2, 0.25) is 0 Å². The SMILES string of the molecule is CNS(=O)(=O)Cc1ccccc1CN. The van der Waals surface area contributed by atoms with Crippen LogP contribution in [0.4, 0.5) is 0 Å². The Morgan fingerprint density at radius 1 is 1.29 bits per heavy atom. The summed E-state index contributed by atoms with van der Waals surface area (Å²) >= 11 is 0. The quantitative estimate of drug-likeness (QED) is 0.751. The first-order chi connectivity index (χ1) is 6.59. The first-order valence-corrected chi connectivity index (χ1v) is 5.92. The first kappa shape index (κ1) is 11.2. The molecule has 0 amide bonds. The van der Waals surface area contributed by atoms with Crippen molar-refractivity contribution in [2.24, 2.45) is 5.73 Å². The van der Waals surface area contributed by atoms with Gasteiger partial charge in [0.25, 0.3) is 0 Å². The molecule has 3 N–H and O–H groups in total. The molecule has 0 radical (unpaired) electrons. The standard InChI is InChI=1S/C9H14N2O2S/c1-11-14(12,13)7-9-5-3-2-4-8(9)6-10/h2-5,11H,6-7,10H2,1H3. The van der Waals surface area contributed by atoms with E-state index in [4.69, 9.17) is 5.73 Å². The lowest BCUT2D eigenvalue weighted by molar-refractivity contribution is 0.587. The van der Waals surface area contributed by atoms with Crippen LogP contribution in [-0.4, -0.2) is 15.5 Å². The molecule has 1 rings (SSSR count). The number of hydrogen-bond acceptors (Lipinski definition) is 3. The zero-order valence-electron chi connectivity index (χ0n) is 8.03. The topological polar surface area (TPSA) is 72.2 Å². The van der Waals surface area contributed by atoms with E-state index in [0.29, 0.717) is 6.54 Å². The van der Waals surface area contributed by atoms with Gasteiger partial charge in [0, 0.05) is 6.54 Å². The van der Waals surface area contributed by atoms with Crippen molar-refractivity contribution in [3.05, 3.63) is 35.4 Å². The number of hydrogen-bond donors (Lipinski definition) is 2. The smallest absolute Gasteiger partial charge is 0.215 e. The number of nitrogens with two attached hydrogens (primary N) is 1. The summed E-state index contributed by atoms with van der Waals surface area (Å²) in [6, 6.07) is 7.26. The van der Waals surface area contributed by atoms with Gasteiger partial charge < -0.3 is 5.73 Å². The predicted molar refractivity (Wildman–Crippen MR) is 56.0 cm³/mol. The average Bonchev–Trinajstić information content (AvgIpc) is 2.18. The van der Waals surface area contributed by atoms with Crippen molar-refractivity contribution in [3.8, 4) is 0 Å². The van der Waals surface area contributed by atoms with E-state index in [1.54, 1.807) is 12.1 Å². The highest BCUT2D eigenvalue weighted by Crippen LogP contribution is 2.10. The minimum Gasteiger partial charge on any atom is -0.326 e. The second-order valence-corrected chi connectivity index (χ2v) is 4.86. The van der Waals surface area contributed by atoms with Crippen LogP contribution in [0.3, 0.4) is 0 Å². The molecule has 0 aliphatic carbocycles. The van der Waals surface area contributed by atoms with Crippen molar-refractivity contribution < 1.29 is 8.42 Å². The Balaban J connectivity index is 2.97. The number of benzene rings is 1. The van der Waals surface area contributed by atoms with Gasteiger partial charge in [-0.2, -0.15) is 0 Å². The van der Waals surface area contributed by atoms with Crippen molar-refractivity contribution in [1.29, 1.82) is 0 Å². The molecule has 0 fully saturated rings. The van der Waals surface area contributed by atoms with Gasteiger partial charge >= 0.3 is 0 Å². The molecule has 0 aromatic heterocycles. The molecule has 0 aliphatic rings. The van der Waals surface area contributed by atoms with Gasteiger partial charge in [0.2, 0.25) is 10.0 Å². The normalized spacial score (nSPS) is 11.6. The molecule has 0 bridgehead atoms. The third-order valence-corrected chi connectivity index (χ3v) is 3.31. The van der Waals surface area contributed by atoms with E-state index in [2.05, 4.69) is 4.72 Å². The average molecular weight is 214 g/mol. The van der Waals surface area contributed by atoms with Crippen LogP contribution in [0.25, 0.3) is 0 Å². The summed E-state index contributed by atoms with van der Waals surface area (Å²) in [4.78, 5) is 0. The molecule has 0 aliphatic heterocycles. The van der Waals surface area contributed by atoms with Crippen molar-refractivity contribution in [2.45, 2.75) is 12.3 Å². The summed E-state index contributed by atoms with van der Waals surface area (Å²) in [5, 5.41) is 0. The van der Waals surface area contributed by atoms with Crippen LogP contribution in [0.5, 0.6) is 0 Å². The second kappa shape index (κ2) is 4.54. The summed E-state index contributed by atoms with van der Waals surface area (Å²) in [5.74, 6) is -0.0170. The van der Waals surface area contributed by atoms with Crippen LogP contribution in [0.15, 0.2) is 24.3 Å². The van der Waals surface area contributed by atoms with Crippen LogP contribution < -0.4 is 10.5 Å². The minimum atomic E-state index is -3.21. The molecule has 4 nitrogen and oxygen atoms in total. The molecule has 0 saturated heterocycles. The number of sulfonamides is 1. The molecule has 5 heteroatoms. The van der Waals surface area contributed by atoms with Crippen LogP contribution >= 0.6 is 0 Å². The van der Waals surface area contributed by atoms with Crippen LogP contribution in [0, 0.1) is 0 Å². The fourth-order valence-electron chi connectivity index (χ4n) is 1.17. The van der Waals surface area contributed by atoms with E-state index in [1.807, 2.05) is 12.1 Å². The molecule has 0 spiro atoms. The summed E-state index contributed by atoms with van der Waals surface area (Å²) in [5.41, 5.74) is 7.12. The maximum atomic E-state index is 11.3. The predicted octanol–water partition coefficient (Wildman–Crippen LogP) is 0.195. The van der Waals surface area contributed by atoms with Gasteiger partial charge in [0.15, 0.2) is 0 Å². The highest BCUT2D eigenvalue weighted by atomic mass is 32.2. The Labute approximate surface area is 84.2 Å². The number of rotatable bonds is 4. The maximum Gasteiger partial charge on any atom is 0.215 e. The fourth-order valence-corrected chi connectivity index (χ4v) is 2.01. The van der Waals surface area contributed by atoms with Crippen LogP contribution in [-0.2, 0) is 22.3 Å². The Hall–Kier alpha value is -0.910. The number of nitrogens with one attached hydrogen (secondary N) is 1. The minimum absolute atomic E-state index is 0.0170. The lowest BCUT2D eigenvalue weighted by Crippen LogP contribution is -2.21. The van der Waals surface area contributed by atoms with E-state index in [1.165, 1.54) is 7.05 Å². The Morgan fingerprint density at radius 2 is 1.86 bits per heavy atom. The lowest BCUT2D eigenvalue weighted by atomic mass is 10.1. The van der Waals surface area contributed by atoms with Gasteiger partial charge in [0.05, 0.1) is 5.75 Å². The van der Waals surface area contributed by atoms with E-state index in [0.717, 1.165) is 11.1 Å². The van der Waals surface area contributed by atoms with E-state index in [-0.39, 0.29) is 5.75 Å². The zero-order valence-corrected chi connectivity index (χ0v) is 8.84. The maximum absolute atomic E-state index is 11.3. The van der Waals surface area contributed by atoms with Crippen molar-refractivity contribution in [1.82, 2.24) is 4.72 Å². The highest BCUT2D eigenvalue weighted by Gasteiger charge is 2.10. The summed E-state index contributed by atoms with van der Waals surface area (Å²) in [6.07, 6.45) is 0. The molecule has 0 heterocycles. The van der Waals surface area contributed by atoms with E-state index < -0.39 is 10.0 Å². The van der Waals surface area contributed by atoms with Gasteiger partial charge in [-0.3, -0.25) is 0 Å². The Kier molecular flexibility index (Phi) is 3.62. The van der Waals surface area contributed by atoms with Gasteiger partial charge in [-0.15, -0.1) is 0 Å². The molecule has 0 unspecified atom stereocenters. The molecule has 1 aromatic carbocycles. The molecular formula is C9H14N2O2S. The molecule has 0 atom stereocenters. The van der Waals surface area contributed by atoms with Gasteiger partial charge in [0.1, 0.15) is 0 Å². The van der Waals surface area contributed by atoms with Crippen LogP contribution in [0.1, 0.15) is 11.1 Å². The summed E-state index contributed by atoms with van der Waals surface area (Å²) < 4.78 is 24.8. The molecule has 78 valence electrons. The second-order valence-electron chi connectivity index (χ2n) is 2.94. The summed E-state index contributed by atoms with van der Waals surface area (Å²) in [6.45, 7) is 0.357. The van der Waals surface area contributed by atoms with E-state index >= 15 is 0 Å². The zero-order chi connectivity index (χ0) is 10.6. The van der Waals surface area contributed by atoms with Gasteiger partial charge in [-0.1, -0.05) is 24.3 Å². The first-order valence-electron chi connectivity index (χ1n) is 4.27. The van der Waals surface area contributed by atoms with Gasteiger partial charge in [-0.25, -0.2) is 13.1 Å². The monoisotopic (exact) mass is 214 g/mol. The van der Waals surface area contributed by atoms with Gasteiger partial charge in [-0.05, 0) is 18.2 Å². The highest BCUT2D eigenvalue weighted by molar-refractivity contribution is 7.88. The Morgan fingerprint density at radius 3 is 2.36 bits per heavy atom. The Bertz CT molecular complexity index is 401. The largest absolute Gasteiger partial charge is 0.326 e.